The molecule has 0 unspecified atom stereocenters. The van der Waals surface area contributed by atoms with Gasteiger partial charge in [-0.15, -0.1) is 0 Å². The van der Waals surface area contributed by atoms with Gasteiger partial charge in [0.25, 0.3) is 0 Å². The molecule has 3 rings (SSSR count). The number of hydrogen-bond donors (Lipinski definition) is 2. The number of nitrogens with one attached hydrogen (secondary N) is 2. The molecule has 262 valence electrons. The molecule has 0 aromatic heterocycles. The number of Topliss-reactive ketones (excluding diaryl/α,β-unsaturated/α-hetero) is 1. The molecule has 2 aromatic rings. The minimum atomic E-state index is -1.87. The molecule has 0 bridgehead atoms. The average molecular weight is 680 g/mol. The third-order valence-corrected chi connectivity index (χ3v) is 7.59. The molecule has 0 saturated carbocycles. The number of halogens is 4. The maximum Gasteiger partial charge on any atom is 0.313 e. The Morgan fingerprint density at radius 3 is 2.25 bits per heavy atom. The van der Waals surface area contributed by atoms with E-state index in [1.807, 2.05) is 32.9 Å². The number of hydrogen-bond acceptors (Lipinski definition) is 7. The summed E-state index contributed by atoms with van der Waals surface area (Å²) in [6, 6.07) is 5.44. The fourth-order valence-corrected chi connectivity index (χ4v) is 5.05. The first kappa shape index (κ1) is 38.0. The van der Waals surface area contributed by atoms with Crippen LogP contribution in [0.15, 0.2) is 30.3 Å². The predicted octanol–water partition coefficient (Wildman–Crippen LogP) is 4.83. The quantitative estimate of drug-likeness (QED) is 0.151. The molecule has 1 aliphatic heterocycles. The van der Waals surface area contributed by atoms with E-state index in [0.29, 0.717) is 18.5 Å². The van der Waals surface area contributed by atoms with Crippen LogP contribution in [0, 0.1) is 35.1 Å². The van der Waals surface area contributed by atoms with Crippen molar-refractivity contribution in [3.63, 3.8) is 0 Å². The first-order valence-corrected chi connectivity index (χ1v) is 15.6. The van der Waals surface area contributed by atoms with Crippen molar-refractivity contribution in [2.24, 2.45) is 11.8 Å². The highest BCUT2D eigenvalue weighted by Crippen LogP contribution is 2.30. The number of rotatable bonds is 11. The van der Waals surface area contributed by atoms with Crippen LogP contribution in [0.1, 0.15) is 65.9 Å². The number of likely N-dealkylation sites (tertiary alicyclic amines) is 1. The summed E-state index contributed by atoms with van der Waals surface area (Å²) in [5, 5.41) is 5.10. The Bertz CT molecular complexity index is 1500. The largest absolute Gasteiger partial charge is 0.479 e. The molecule has 1 aliphatic rings. The van der Waals surface area contributed by atoms with Crippen molar-refractivity contribution >= 4 is 35.2 Å². The predicted molar refractivity (Wildman–Crippen MR) is 167 cm³/mol. The number of ketones is 1. The van der Waals surface area contributed by atoms with Gasteiger partial charge in [-0.05, 0) is 35.8 Å². The van der Waals surface area contributed by atoms with E-state index in [4.69, 9.17) is 9.47 Å². The van der Waals surface area contributed by atoms with E-state index in [0.717, 1.165) is 5.56 Å². The molecule has 2 N–H and O–H groups in total. The van der Waals surface area contributed by atoms with Gasteiger partial charge in [0.2, 0.25) is 17.5 Å². The van der Waals surface area contributed by atoms with E-state index < -0.39 is 83.5 Å². The Hall–Kier alpha value is -4.49. The number of nitrogens with zero attached hydrogens (tertiary/aromatic N) is 1. The molecule has 0 radical (unpaired) electrons. The first-order valence-electron chi connectivity index (χ1n) is 15.6. The average Bonchev–Trinajstić information content (AvgIpc) is 3.28. The van der Waals surface area contributed by atoms with Gasteiger partial charge >= 0.3 is 17.8 Å². The second kappa shape index (κ2) is 16.6. The summed E-state index contributed by atoms with van der Waals surface area (Å²) in [7, 11) is 0. The van der Waals surface area contributed by atoms with E-state index in [1.165, 1.54) is 4.90 Å². The summed E-state index contributed by atoms with van der Waals surface area (Å²) in [5.41, 5.74) is 0.967. The summed E-state index contributed by atoms with van der Waals surface area (Å²) >= 11 is 0. The molecule has 48 heavy (non-hydrogen) atoms. The number of para-hydroxylation sites is 1. The first-order chi connectivity index (χ1) is 22.5. The fraction of sp³-hybridized carbons (Fsp3) is 0.500. The third-order valence-electron chi connectivity index (χ3n) is 7.59. The Balaban J connectivity index is 1.74. The monoisotopic (exact) mass is 679 g/mol. The van der Waals surface area contributed by atoms with Crippen molar-refractivity contribution in [3.05, 3.63) is 59.2 Å². The van der Waals surface area contributed by atoms with Crippen LogP contribution < -0.4 is 15.4 Å². The normalized spacial score (nSPS) is 15.7. The maximum absolute atomic E-state index is 14.1. The van der Waals surface area contributed by atoms with Crippen LogP contribution >= 0.6 is 0 Å². The maximum atomic E-state index is 14.1. The van der Waals surface area contributed by atoms with Crippen molar-refractivity contribution in [1.82, 2.24) is 10.2 Å². The molecule has 3 amide bonds. The zero-order valence-corrected chi connectivity index (χ0v) is 27.6. The van der Waals surface area contributed by atoms with E-state index in [2.05, 4.69) is 10.6 Å². The lowest BCUT2D eigenvalue weighted by Gasteiger charge is -2.26. The van der Waals surface area contributed by atoms with Crippen LogP contribution in [-0.2, 0) is 34.1 Å². The molecule has 10 nitrogen and oxygen atoms in total. The smallest absolute Gasteiger partial charge is 0.313 e. The van der Waals surface area contributed by atoms with E-state index >= 15 is 0 Å². The van der Waals surface area contributed by atoms with Gasteiger partial charge in [-0.1, -0.05) is 59.2 Å². The van der Waals surface area contributed by atoms with Crippen LogP contribution in [0.5, 0.6) is 5.75 Å². The van der Waals surface area contributed by atoms with Gasteiger partial charge in [0.05, 0.1) is 18.9 Å². The summed E-state index contributed by atoms with van der Waals surface area (Å²) in [4.78, 5) is 66.6. The van der Waals surface area contributed by atoms with Gasteiger partial charge in [-0.3, -0.25) is 24.0 Å². The number of ether oxygens (including phenoxy) is 2. The van der Waals surface area contributed by atoms with E-state index in [-0.39, 0.29) is 43.5 Å². The van der Waals surface area contributed by atoms with Crippen molar-refractivity contribution in [2.75, 3.05) is 31.6 Å². The Labute approximate surface area is 276 Å². The van der Waals surface area contributed by atoms with Gasteiger partial charge in [-0.2, -0.15) is 8.78 Å². The number of benzene rings is 2. The van der Waals surface area contributed by atoms with Crippen molar-refractivity contribution in [3.8, 4) is 5.75 Å². The van der Waals surface area contributed by atoms with Crippen LogP contribution in [0.25, 0.3) is 0 Å². The molecule has 14 heteroatoms. The number of esters is 1. The van der Waals surface area contributed by atoms with Crippen molar-refractivity contribution in [2.45, 2.75) is 71.8 Å². The lowest BCUT2D eigenvalue weighted by atomic mass is 9.86. The second-order valence-corrected chi connectivity index (χ2v) is 13.1. The highest BCUT2D eigenvalue weighted by molar-refractivity contribution is 6.39. The van der Waals surface area contributed by atoms with Crippen LogP contribution in [0.4, 0.5) is 23.2 Å². The molecule has 0 aliphatic carbocycles. The summed E-state index contributed by atoms with van der Waals surface area (Å²) < 4.78 is 65.4. The molecule has 1 saturated heterocycles. The Morgan fingerprint density at radius 1 is 0.979 bits per heavy atom. The topological polar surface area (TPSA) is 131 Å². The molecular formula is C34H41F4N3O7. The third kappa shape index (κ3) is 10.3. The molecular weight excluding hydrogens is 638 g/mol. The summed E-state index contributed by atoms with van der Waals surface area (Å²) in [6.45, 7) is 8.29. The van der Waals surface area contributed by atoms with Gasteiger partial charge in [0.15, 0.2) is 23.2 Å². The molecule has 0 spiro atoms. The van der Waals surface area contributed by atoms with Crippen LogP contribution in [0.3, 0.4) is 0 Å². The Morgan fingerprint density at radius 2 is 1.62 bits per heavy atom. The minimum absolute atomic E-state index is 0.00513. The summed E-state index contributed by atoms with van der Waals surface area (Å²) in [6.07, 6.45) is 0.574. The number of anilines is 1. The van der Waals surface area contributed by atoms with Gasteiger partial charge in [0.1, 0.15) is 12.6 Å². The standard InChI is InChI=1S/C34H41F4N3O7/c1-19(2)17-47-27(43)15-25(26(42)18-48-30-28(37)22(35)14-23(36)29(30)38)40-31(44)20-10-8-9-13-41(16-20)33(46)32(45)39-24-12-7-6-11-21(24)34(3,4)5/h6-7,11-12,14,19-20,25H,8-10,13,15-18H2,1-5H3,(H,39,45)(H,40,44)/t20-,25+/m1/s1. The van der Waals surface area contributed by atoms with Crippen molar-refractivity contribution in [1.29, 1.82) is 0 Å². The molecule has 1 heterocycles. The zero-order chi connectivity index (χ0) is 35.8. The van der Waals surface area contributed by atoms with Crippen molar-refractivity contribution < 1.29 is 51.0 Å². The molecule has 1 fully saturated rings. The minimum Gasteiger partial charge on any atom is -0.479 e. The second-order valence-electron chi connectivity index (χ2n) is 13.1. The number of carbonyl (C=O) groups is 5. The lowest BCUT2D eigenvalue weighted by molar-refractivity contribution is -0.147. The van der Waals surface area contributed by atoms with Gasteiger partial charge < -0.3 is 25.0 Å². The lowest BCUT2D eigenvalue weighted by Crippen LogP contribution is -2.49. The van der Waals surface area contributed by atoms with Crippen LogP contribution in [-0.4, -0.2) is 66.7 Å². The van der Waals surface area contributed by atoms with Crippen LogP contribution in [0.2, 0.25) is 0 Å². The molecule has 2 aromatic carbocycles. The Kier molecular flexibility index (Phi) is 13.1. The highest BCUT2D eigenvalue weighted by atomic mass is 19.2. The fourth-order valence-electron chi connectivity index (χ4n) is 5.05. The zero-order valence-electron chi connectivity index (χ0n) is 27.6. The van der Waals surface area contributed by atoms with Gasteiger partial charge in [0, 0.05) is 24.8 Å². The van der Waals surface area contributed by atoms with E-state index in [1.54, 1.807) is 26.0 Å². The number of amides is 3. The van der Waals surface area contributed by atoms with E-state index in [9.17, 15) is 41.5 Å². The SMILES string of the molecule is CC(C)COC(=O)C[C@H](NC(=O)[C@@H]1CCCCN(C(=O)C(=O)Nc2ccccc2C(C)(C)C)C1)C(=O)COc1c(F)c(F)cc(F)c1F. The number of carbonyl (C=O) groups excluding carboxylic acids is 5. The summed E-state index contributed by atoms with van der Waals surface area (Å²) in [5.74, 6) is -14.1. The molecule has 2 atom stereocenters. The van der Waals surface area contributed by atoms with Gasteiger partial charge in [-0.25, -0.2) is 8.78 Å². The highest BCUT2D eigenvalue weighted by Gasteiger charge is 2.34.